The first-order valence-corrected chi connectivity index (χ1v) is 9.19. The largest absolute Gasteiger partial charge is 0.367 e. The Morgan fingerprint density at radius 2 is 2.10 bits per heavy atom. The van der Waals surface area contributed by atoms with Gasteiger partial charge in [0.25, 0.3) is 11.6 Å². The molecule has 0 atom stereocenters. The average molecular weight is 394 g/mol. The van der Waals surface area contributed by atoms with Gasteiger partial charge in [-0.2, -0.15) is 0 Å². The van der Waals surface area contributed by atoms with Crippen molar-refractivity contribution in [3.8, 4) is 0 Å². The summed E-state index contributed by atoms with van der Waals surface area (Å²) >= 11 is 0. The van der Waals surface area contributed by atoms with Gasteiger partial charge in [-0.25, -0.2) is 4.39 Å². The van der Waals surface area contributed by atoms with E-state index in [1.54, 1.807) is 12.1 Å². The van der Waals surface area contributed by atoms with Gasteiger partial charge in [-0.1, -0.05) is 6.08 Å². The number of rotatable bonds is 4. The number of nitrogens with one attached hydrogen (secondary N) is 2. The van der Waals surface area contributed by atoms with Crippen molar-refractivity contribution in [3.63, 3.8) is 0 Å². The van der Waals surface area contributed by atoms with Gasteiger partial charge in [-0.3, -0.25) is 14.9 Å². The number of aromatic nitrogens is 1. The number of nitro benzene ring substituents is 1. The minimum atomic E-state index is -0.510. The van der Waals surface area contributed by atoms with Crippen LogP contribution in [-0.2, 0) is 0 Å². The van der Waals surface area contributed by atoms with Gasteiger partial charge in [0, 0.05) is 54.9 Å². The maximum Gasteiger partial charge on any atom is 0.270 e. The van der Waals surface area contributed by atoms with Crippen molar-refractivity contribution in [1.29, 1.82) is 0 Å². The predicted octanol–water partition coefficient (Wildman–Crippen LogP) is 3.87. The van der Waals surface area contributed by atoms with Crippen LogP contribution in [0.1, 0.15) is 22.3 Å². The lowest BCUT2D eigenvalue weighted by Crippen LogP contribution is -2.31. The number of nitrogens with zero attached hydrogens (tertiary/aromatic N) is 2. The Balaban J connectivity index is 1.64. The zero-order valence-corrected chi connectivity index (χ0v) is 15.7. The number of anilines is 1. The van der Waals surface area contributed by atoms with Crippen LogP contribution in [0.4, 0.5) is 15.8 Å². The van der Waals surface area contributed by atoms with Crippen molar-refractivity contribution in [2.24, 2.45) is 0 Å². The minimum Gasteiger partial charge on any atom is -0.367 e. The number of halogens is 1. The van der Waals surface area contributed by atoms with Gasteiger partial charge < -0.3 is 15.2 Å². The summed E-state index contributed by atoms with van der Waals surface area (Å²) in [5.41, 5.74) is 3.75. The smallest absolute Gasteiger partial charge is 0.270 e. The molecule has 1 aliphatic rings. The highest BCUT2D eigenvalue weighted by atomic mass is 19.1. The lowest BCUT2D eigenvalue weighted by Gasteiger charge is -2.29. The third-order valence-corrected chi connectivity index (χ3v) is 5.20. The number of non-ortho nitro benzene ring substituents is 1. The minimum absolute atomic E-state index is 0.119. The molecule has 0 unspecified atom stereocenters. The zero-order chi connectivity index (χ0) is 20.5. The molecule has 0 radical (unpaired) electrons. The number of nitro groups is 1. The normalized spacial score (nSPS) is 14.0. The highest BCUT2D eigenvalue weighted by Gasteiger charge is 2.22. The van der Waals surface area contributed by atoms with E-state index in [-0.39, 0.29) is 23.0 Å². The van der Waals surface area contributed by atoms with Crippen molar-refractivity contribution in [2.45, 2.75) is 6.42 Å². The second kappa shape index (κ2) is 7.38. The number of hydrogen-bond acceptors (Lipinski definition) is 4. The van der Waals surface area contributed by atoms with E-state index in [0.717, 1.165) is 28.5 Å². The number of carbonyl (C=O) groups is 1. The van der Waals surface area contributed by atoms with Gasteiger partial charge in [-0.05, 0) is 36.3 Å². The fraction of sp³-hybridized carbons (Fsp3) is 0.190. The summed E-state index contributed by atoms with van der Waals surface area (Å²) in [6.45, 7) is 1.21. The van der Waals surface area contributed by atoms with E-state index in [1.807, 2.05) is 11.1 Å². The summed E-state index contributed by atoms with van der Waals surface area (Å²) < 4.78 is 13.4. The SMILES string of the molecule is CNC(=O)c1cc([N+](=O)[O-])ccc1N1CC=C(c2c[nH]c3cc(F)ccc23)CC1. The molecular weight excluding hydrogens is 375 g/mol. The standard InChI is InChI=1S/C21H19FN4O3/c1-23-21(27)17-11-15(26(28)29)3-5-20(17)25-8-6-13(7-9-25)18-12-24-19-10-14(22)2-4-16(18)19/h2-6,10-12,24H,7-9H2,1H3,(H,23,27). The molecule has 1 amide bonds. The molecule has 1 aliphatic heterocycles. The van der Waals surface area contributed by atoms with Crippen LogP contribution >= 0.6 is 0 Å². The van der Waals surface area contributed by atoms with E-state index in [4.69, 9.17) is 0 Å². The highest BCUT2D eigenvalue weighted by Crippen LogP contribution is 2.33. The molecule has 0 saturated carbocycles. The van der Waals surface area contributed by atoms with E-state index in [2.05, 4.69) is 16.4 Å². The van der Waals surface area contributed by atoms with E-state index in [9.17, 15) is 19.3 Å². The van der Waals surface area contributed by atoms with Crippen LogP contribution < -0.4 is 10.2 Å². The molecule has 0 bridgehead atoms. The number of H-pyrrole nitrogens is 1. The molecular formula is C21H19FN4O3. The Bertz CT molecular complexity index is 1150. The van der Waals surface area contributed by atoms with Crippen LogP contribution in [0, 0.1) is 15.9 Å². The molecule has 29 heavy (non-hydrogen) atoms. The van der Waals surface area contributed by atoms with E-state index in [1.165, 1.54) is 31.3 Å². The second-order valence-corrected chi connectivity index (χ2v) is 6.86. The molecule has 0 fully saturated rings. The Morgan fingerprint density at radius 3 is 2.79 bits per heavy atom. The molecule has 7 nitrogen and oxygen atoms in total. The monoisotopic (exact) mass is 394 g/mol. The van der Waals surface area contributed by atoms with Crippen molar-refractivity contribution in [1.82, 2.24) is 10.3 Å². The van der Waals surface area contributed by atoms with E-state index in [0.29, 0.717) is 18.8 Å². The Morgan fingerprint density at radius 1 is 1.28 bits per heavy atom. The van der Waals surface area contributed by atoms with Crippen LogP contribution in [0.3, 0.4) is 0 Å². The first-order valence-electron chi connectivity index (χ1n) is 9.19. The number of hydrogen-bond donors (Lipinski definition) is 2. The quantitative estimate of drug-likeness (QED) is 0.519. The molecule has 8 heteroatoms. The molecule has 0 aliphatic carbocycles. The fourth-order valence-corrected chi connectivity index (χ4v) is 3.73. The van der Waals surface area contributed by atoms with E-state index >= 15 is 0 Å². The molecule has 0 saturated heterocycles. The molecule has 2 heterocycles. The fourth-order valence-electron chi connectivity index (χ4n) is 3.73. The van der Waals surface area contributed by atoms with Crippen molar-refractivity contribution >= 4 is 33.8 Å². The Hall–Kier alpha value is -3.68. The van der Waals surface area contributed by atoms with Crippen molar-refractivity contribution in [2.75, 3.05) is 25.0 Å². The van der Waals surface area contributed by atoms with Gasteiger partial charge >= 0.3 is 0 Å². The molecule has 0 spiro atoms. The molecule has 1 aromatic heterocycles. The summed E-state index contributed by atoms with van der Waals surface area (Å²) in [7, 11) is 1.50. The topological polar surface area (TPSA) is 91.3 Å². The average Bonchev–Trinajstić information content (AvgIpc) is 3.15. The lowest BCUT2D eigenvalue weighted by atomic mass is 9.98. The number of fused-ring (bicyclic) bond motifs is 1. The Kier molecular flexibility index (Phi) is 4.75. The van der Waals surface area contributed by atoms with Gasteiger partial charge in [0.1, 0.15) is 5.82 Å². The van der Waals surface area contributed by atoms with Gasteiger partial charge in [-0.15, -0.1) is 0 Å². The van der Waals surface area contributed by atoms with Crippen LogP contribution in [-0.4, -0.2) is 36.0 Å². The lowest BCUT2D eigenvalue weighted by molar-refractivity contribution is -0.384. The second-order valence-electron chi connectivity index (χ2n) is 6.86. The Labute approximate surface area is 166 Å². The maximum atomic E-state index is 13.4. The molecule has 2 N–H and O–H groups in total. The molecule has 4 rings (SSSR count). The summed E-state index contributed by atoms with van der Waals surface area (Å²) in [6, 6.07) is 9.03. The molecule has 2 aromatic carbocycles. The van der Waals surface area contributed by atoms with Crippen LogP contribution in [0.2, 0.25) is 0 Å². The zero-order valence-electron chi connectivity index (χ0n) is 15.7. The predicted molar refractivity (Wildman–Crippen MR) is 110 cm³/mol. The maximum absolute atomic E-state index is 13.4. The molecule has 3 aromatic rings. The summed E-state index contributed by atoms with van der Waals surface area (Å²) in [5, 5.41) is 14.6. The van der Waals surface area contributed by atoms with Crippen LogP contribution in [0.15, 0.2) is 48.7 Å². The summed E-state index contributed by atoms with van der Waals surface area (Å²) in [4.78, 5) is 28.0. The summed E-state index contributed by atoms with van der Waals surface area (Å²) in [6.07, 6.45) is 4.69. The van der Waals surface area contributed by atoms with Crippen LogP contribution in [0.5, 0.6) is 0 Å². The van der Waals surface area contributed by atoms with Crippen molar-refractivity contribution < 1.29 is 14.1 Å². The van der Waals surface area contributed by atoms with Gasteiger partial charge in [0.05, 0.1) is 16.2 Å². The number of carbonyl (C=O) groups excluding carboxylic acids is 1. The number of benzene rings is 2. The highest BCUT2D eigenvalue weighted by molar-refractivity contribution is 6.00. The van der Waals surface area contributed by atoms with E-state index < -0.39 is 4.92 Å². The van der Waals surface area contributed by atoms with Gasteiger partial charge in [0.15, 0.2) is 0 Å². The first-order chi connectivity index (χ1) is 14.0. The third kappa shape index (κ3) is 3.44. The number of aromatic amines is 1. The molecule has 148 valence electrons. The third-order valence-electron chi connectivity index (χ3n) is 5.20. The van der Waals surface area contributed by atoms with Gasteiger partial charge in [0.2, 0.25) is 0 Å². The van der Waals surface area contributed by atoms with Crippen molar-refractivity contribution in [3.05, 3.63) is 75.7 Å². The summed E-state index contributed by atoms with van der Waals surface area (Å²) in [5.74, 6) is -0.647. The van der Waals surface area contributed by atoms with Crippen LogP contribution in [0.25, 0.3) is 16.5 Å². The number of amides is 1. The first kappa shape index (κ1) is 18.7.